The Bertz CT molecular complexity index is 1490. The minimum Gasteiger partial charge on any atom is -0.481 e. The highest BCUT2D eigenvalue weighted by Gasteiger charge is 2.49. The number of hydrogen-bond donors (Lipinski definition) is 2. The number of ketones is 1. The van der Waals surface area contributed by atoms with E-state index in [0.29, 0.717) is 5.56 Å². The van der Waals surface area contributed by atoms with E-state index in [4.69, 9.17) is 33.7 Å². The number of carbonyl (C=O) groups is 3. The molecule has 12 heteroatoms. The van der Waals surface area contributed by atoms with Gasteiger partial charge in [0.2, 0.25) is 11.4 Å². The van der Waals surface area contributed by atoms with E-state index in [9.17, 15) is 24.3 Å². The number of carboxylic acids is 1. The molecule has 1 amide bonds. The topological polar surface area (TPSA) is 142 Å². The number of aromatic nitrogens is 2. The molecule has 0 aliphatic carbocycles. The van der Waals surface area contributed by atoms with Gasteiger partial charge in [-0.25, -0.2) is 13.8 Å². The number of fused-ring (bicyclic) bond motifs is 1. The van der Waals surface area contributed by atoms with Crippen LogP contribution in [0, 0.1) is 0 Å². The molecule has 2 aromatic carbocycles. The van der Waals surface area contributed by atoms with Gasteiger partial charge in [0.1, 0.15) is 12.8 Å². The van der Waals surface area contributed by atoms with E-state index in [0.717, 1.165) is 4.57 Å². The maximum Gasteiger partial charge on any atom is 0.358 e. The predicted molar refractivity (Wildman–Crippen MR) is 133 cm³/mol. The first-order valence-electron chi connectivity index (χ1n) is 10.5. The summed E-state index contributed by atoms with van der Waals surface area (Å²) in [4.78, 5) is 54.6. The Morgan fingerprint density at radius 3 is 2.44 bits per heavy atom. The predicted octanol–water partition coefficient (Wildman–Crippen LogP) is 3.00. The summed E-state index contributed by atoms with van der Waals surface area (Å²) in [5.41, 5.74) is 4.85. The Kier molecular flexibility index (Phi) is 6.68. The van der Waals surface area contributed by atoms with Crippen LogP contribution < -0.4 is 20.5 Å². The average molecular weight is 530 g/mol. The summed E-state index contributed by atoms with van der Waals surface area (Å²) in [6.45, 7) is -0.0702. The molecule has 184 valence electrons. The molecule has 2 atom stereocenters. The van der Waals surface area contributed by atoms with Crippen molar-refractivity contribution in [1.82, 2.24) is 14.0 Å². The molecule has 36 heavy (non-hydrogen) atoms. The van der Waals surface area contributed by atoms with Gasteiger partial charge in [-0.05, 0) is 17.7 Å². The fraction of sp³-hybridized carbons (Fsp3) is 0.125. The summed E-state index contributed by atoms with van der Waals surface area (Å²) < 4.78 is 6.06. The third-order valence-corrected chi connectivity index (χ3v) is 6.47. The van der Waals surface area contributed by atoms with Crippen molar-refractivity contribution in [2.75, 3.05) is 7.05 Å². The number of halogens is 2. The van der Waals surface area contributed by atoms with Gasteiger partial charge in [0.05, 0.1) is 23.3 Å². The molecule has 1 aliphatic heterocycles. The lowest BCUT2D eigenvalue weighted by Crippen LogP contribution is -2.50. The smallest absolute Gasteiger partial charge is 0.358 e. The van der Waals surface area contributed by atoms with E-state index < -0.39 is 45.2 Å². The van der Waals surface area contributed by atoms with Crippen molar-refractivity contribution in [3.05, 3.63) is 92.0 Å². The average Bonchev–Trinajstić information content (AvgIpc) is 3.18. The molecule has 2 unspecified atom stereocenters. The van der Waals surface area contributed by atoms with Gasteiger partial charge in [0.25, 0.3) is 11.7 Å². The van der Waals surface area contributed by atoms with Crippen LogP contribution in [0.1, 0.15) is 27.7 Å². The van der Waals surface area contributed by atoms with Crippen molar-refractivity contribution >= 4 is 53.0 Å². The van der Waals surface area contributed by atoms with Crippen LogP contribution in [-0.4, -0.2) is 39.4 Å². The third-order valence-electron chi connectivity index (χ3n) is 5.73. The molecule has 0 radical (unpaired) electrons. The van der Waals surface area contributed by atoms with Crippen LogP contribution in [0.2, 0.25) is 10.0 Å². The lowest BCUT2D eigenvalue weighted by Gasteiger charge is -2.32. The van der Waals surface area contributed by atoms with E-state index in [2.05, 4.69) is 4.98 Å². The number of Topliss-reactive ketones (excluding diaryl/α,β-unsaturated/α-hetero) is 1. The third kappa shape index (κ3) is 4.37. The second-order valence-corrected chi connectivity index (χ2v) is 8.91. The minimum atomic E-state index is -1.51. The standard InChI is InChI=1S/C24H18Cl2N4O6/c1-30(18(19(31)21(27)32)14-7-8-15(25)16(26)11-14)10-9-29-22(33)20(17(23(34)35)28-24(29)30)36-12-13-5-3-2-4-6-13/h2-11,18H,12H2,1H3,(H2-,27,32,34,35)/p+1. The molecule has 1 aliphatic rings. The van der Waals surface area contributed by atoms with Crippen LogP contribution in [-0.2, 0) is 16.2 Å². The zero-order chi connectivity index (χ0) is 26.2. The second-order valence-electron chi connectivity index (χ2n) is 8.09. The minimum absolute atomic E-state index is 0.0702. The number of rotatable bonds is 8. The molecule has 0 fully saturated rings. The van der Waals surface area contributed by atoms with Gasteiger partial charge in [-0.15, -0.1) is 0 Å². The van der Waals surface area contributed by atoms with Gasteiger partial charge in [-0.3, -0.25) is 14.4 Å². The molecular formula is C24H19Cl2N4O6+. The van der Waals surface area contributed by atoms with E-state index in [1.54, 1.807) is 30.3 Å². The van der Waals surface area contributed by atoms with Crippen molar-refractivity contribution < 1.29 is 24.2 Å². The number of carboxylic acid groups (broad SMARTS) is 1. The van der Waals surface area contributed by atoms with Gasteiger partial charge in [-0.1, -0.05) is 59.6 Å². The number of nitrogens with zero attached hydrogens (tertiary/aromatic N) is 3. The first-order chi connectivity index (χ1) is 17.0. The number of nitrogens with two attached hydrogens (primary N) is 1. The highest BCUT2D eigenvalue weighted by atomic mass is 35.5. The van der Waals surface area contributed by atoms with Crippen LogP contribution in [0.4, 0.5) is 5.95 Å². The number of amides is 1. The summed E-state index contributed by atoms with van der Waals surface area (Å²) in [6.07, 6.45) is 2.74. The van der Waals surface area contributed by atoms with E-state index in [1.807, 2.05) is 0 Å². The largest absolute Gasteiger partial charge is 0.481 e. The second kappa shape index (κ2) is 9.57. The molecule has 3 aromatic rings. The number of quaternary nitrogens is 1. The summed E-state index contributed by atoms with van der Waals surface area (Å²) in [5.74, 6) is -4.37. The van der Waals surface area contributed by atoms with Crippen LogP contribution in [0.3, 0.4) is 0 Å². The molecule has 0 saturated carbocycles. The fourth-order valence-corrected chi connectivity index (χ4v) is 4.29. The lowest BCUT2D eigenvalue weighted by atomic mass is 9.99. The van der Waals surface area contributed by atoms with Gasteiger partial charge >= 0.3 is 17.5 Å². The molecule has 0 spiro atoms. The van der Waals surface area contributed by atoms with Crippen molar-refractivity contribution in [1.29, 1.82) is 0 Å². The number of benzene rings is 2. The van der Waals surface area contributed by atoms with E-state index in [-0.39, 0.29) is 28.2 Å². The zero-order valence-electron chi connectivity index (χ0n) is 18.7. The quantitative estimate of drug-likeness (QED) is 0.337. The van der Waals surface area contributed by atoms with Crippen LogP contribution in [0.5, 0.6) is 5.75 Å². The molecule has 1 aromatic heterocycles. The molecule has 2 heterocycles. The maximum atomic E-state index is 13.3. The van der Waals surface area contributed by atoms with Crippen LogP contribution in [0.15, 0.2) is 59.5 Å². The number of ether oxygens (including phenoxy) is 1. The van der Waals surface area contributed by atoms with Gasteiger partial charge in [0.15, 0.2) is 6.04 Å². The van der Waals surface area contributed by atoms with E-state index in [1.165, 1.54) is 37.6 Å². The van der Waals surface area contributed by atoms with Crippen molar-refractivity contribution in [2.24, 2.45) is 5.73 Å². The Hall–Kier alpha value is -3.99. The van der Waals surface area contributed by atoms with Gasteiger partial charge in [0, 0.05) is 5.56 Å². The number of aromatic carboxylic acids is 1. The number of hydrogen-bond acceptors (Lipinski definition) is 6. The van der Waals surface area contributed by atoms with Crippen LogP contribution in [0.25, 0.3) is 6.20 Å². The Balaban J connectivity index is 1.86. The molecular weight excluding hydrogens is 511 g/mol. The molecule has 0 saturated heterocycles. The number of carbonyl (C=O) groups excluding carboxylic acids is 2. The summed E-state index contributed by atoms with van der Waals surface area (Å²) in [6, 6.07) is 11.8. The molecule has 10 nitrogen and oxygen atoms in total. The number of primary amides is 1. The first-order valence-corrected chi connectivity index (χ1v) is 11.2. The SMILES string of the molecule is C[N+]1(C(C(=O)C(N)=O)c2ccc(Cl)c(Cl)c2)C=Cn2c1nc(C(=O)O)c(OCc1ccccc1)c2=O. The van der Waals surface area contributed by atoms with Gasteiger partial charge in [-0.2, -0.15) is 4.98 Å². The lowest BCUT2D eigenvalue weighted by molar-refractivity contribution is -0.138. The molecule has 0 bridgehead atoms. The highest BCUT2D eigenvalue weighted by Crippen LogP contribution is 2.39. The monoisotopic (exact) mass is 529 g/mol. The summed E-state index contributed by atoms with van der Waals surface area (Å²) >= 11 is 12.1. The summed E-state index contributed by atoms with van der Waals surface area (Å²) in [5, 5.41) is 10.2. The Labute approximate surface area is 214 Å². The normalized spacial score (nSPS) is 16.9. The highest BCUT2D eigenvalue weighted by molar-refractivity contribution is 6.42. The zero-order valence-corrected chi connectivity index (χ0v) is 20.2. The maximum absolute atomic E-state index is 13.3. The molecule has 4 rings (SSSR count). The molecule has 3 N–H and O–H groups in total. The summed E-state index contributed by atoms with van der Waals surface area (Å²) in [7, 11) is 1.48. The van der Waals surface area contributed by atoms with Crippen LogP contribution >= 0.6 is 23.2 Å². The van der Waals surface area contributed by atoms with E-state index >= 15 is 0 Å². The Morgan fingerprint density at radius 2 is 1.83 bits per heavy atom. The van der Waals surface area contributed by atoms with Crippen molar-refractivity contribution in [2.45, 2.75) is 12.6 Å². The van der Waals surface area contributed by atoms with Crippen molar-refractivity contribution in [3.8, 4) is 5.75 Å². The Morgan fingerprint density at radius 1 is 1.14 bits per heavy atom. The van der Waals surface area contributed by atoms with Gasteiger partial charge < -0.3 is 15.6 Å². The number of likely N-dealkylation sites (N-methyl/N-ethyl adjacent to an activating group) is 1. The first kappa shape index (κ1) is 25.1. The van der Waals surface area contributed by atoms with Crippen molar-refractivity contribution in [3.63, 3.8) is 0 Å². The fourth-order valence-electron chi connectivity index (χ4n) is 3.98.